The molecule has 0 aliphatic heterocycles. The molecule has 0 aliphatic rings. The van der Waals surface area contributed by atoms with Gasteiger partial charge in [0.15, 0.2) is 0 Å². The van der Waals surface area contributed by atoms with E-state index >= 15 is 0 Å². The number of benzene rings is 1. The predicted octanol–water partition coefficient (Wildman–Crippen LogP) is 1.55. The third-order valence-corrected chi connectivity index (χ3v) is 2.91. The van der Waals surface area contributed by atoms with Crippen molar-refractivity contribution in [3.63, 3.8) is 0 Å². The number of carbonyl (C=O) groups excluding carboxylic acids is 2. The molecule has 0 radical (unpaired) electrons. The Hall–Kier alpha value is -2.37. The summed E-state index contributed by atoms with van der Waals surface area (Å²) in [6, 6.07) is 5.95. The van der Waals surface area contributed by atoms with Crippen molar-refractivity contribution >= 4 is 23.5 Å². The first-order chi connectivity index (χ1) is 9.81. The Morgan fingerprint density at radius 2 is 1.76 bits per heavy atom. The maximum atomic E-state index is 11.8. The Morgan fingerprint density at radius 1 is 1.14 bits per heavy atom. The normalized spacial score (nSPS) is 11.8. The van der Waals surface area contributed by atoms with E-state index in [4.69, 9.17) is 5.11 Å². The van der Waals surface area contributed by atoms with Crippen molar-refractivity contribution in [2.75, 3.05) is 5.32 Å². The van der Waals surface area contributed by atoms with Gasteiger partial charge in [0.05, 0.1) is 0 Å². The third-order valence-electron chi connectivity index (χ3n) is 2.91. The highest BCUT2D eigenvalue weighted by Gasteiger charge is 2.24. The van der Waals surface area contributed by atoms with Crippen molar-refractivity contribution in [1.82, 2.24) is 5.32 Å². The number of hydrogen-bond acceptors (Lipinski definition) is 3. The van der Waals surface area contributed by atoms with Crippen LogP contribution in [0.25, 0.3) is 0 Å². The summed E-state index contributed by atoms with van der Waals surface area (Å²) in [5.41, 5.74) is 1.34. The van der Waals surface area contributed by atoms with E-state index in [2.05, 4.69) is 10.6 Å². The van der Waals surface area contributed by atoms with E-state index in [1.807, 2.05) is 19.9 Å². The Bertz CT molecular complexity index is 540. The number of carbonyl (C=O) groups is 3. The molecule has 0 aliphatic carbocycles. The summed E-state index contributed by atoms with van der Waals surface area (Å²) >= 11 is 0. The van der Waals surface area contributed by atoms with E-state index in [-0.39, 0.29) is 12.3 Å². The molecule has 3 N–H and O–H groups in total. The molecule has 0 bridgehead atoms. The van der Waals surface area contributed by atoms with E-state index in [1.165, 1.54) is 0 Å². The monoisotopic (exact) mass is 292 g/mol. The molecule has 0 saturated carbocycles. The summed E-state index contributed by atoms with van der Waals surface area (Å²) in [5.74, 6) is -2.89. The van der Waals surface area contributed by atoms with Crippen molar-refractivity contribution in [2.45, 2.75) is 33.2 Å². The van der Waals surface area contributed by atoms with Crippen LogP contribution in [0, 0.1) is 12.8 Å². The van der Waals surface area contributed by atoms with Gasteiger partial charge in [-0.05, 0) is 30.9 Å². The number of carboxylic acids is 1. The molecular weight excluding hydrogens is 272 g/mol. The standard InChI is InChI=1S/C15H20N2O4/c1-9(2)8-12(15(20)21)17-14(19)13(18)16-11-7-5-4-6-10(11)3/h4-7,9,12H,8H2,1-3H3,(H,16,18)(H,17,19)(H,20,21)/t12-/m0/s1. The van der Waals surface area contributed by atoms with Crippen LogP contribution in [0.15, 0.2) is 24.3 Å². The number of aliphatic carboxylic acids is 1. The minimum absolute atomic E-state index is 0.0887. The van der Waals surface area contributed by atoms with Gasteiger partial charge in [-0.1, -0.05) is 32.0 Å². The van der Waals surface area contributed by atoms with Gasteiger partial charge >= 0.3 is 17.8 Å². The summed E-state index contributed by atoms with van der Waals surface area (Å²) < 4.78 is 0. The second kappa shape index (κ2) is 7.42. The molecule has 1 aromatic carbocycles. The SMILES string of the molecule is Cc1ccccc1NC(=O)C(=O)N[C@@H](CC(C)C)C(=O)O. The smallest absolute Gasteiger partial charge is 0.326 e. The Labute approximate surface area is 123 Å². The molecule has 1 rings (SSSR count). The summed E-state index contributed by atoms with van der Waals surface area (Å²) in [6.07, 6.45) is 0.263. The molecule has 1 atom stereocenters. The van der Waals surface area contributed by atoms with E-state index < -0.39 is 23.8 Å². The molecule has 0 heterocycles. The Balaban J connectivity index is 2.68. The van der Waals surface area contributed by atoms with Crippen LogP contribution in [0.3, 0.4) is 0 Å². The number of para-hydroxylation sites is 1. The van der Waals surface area contributed by atoms with Gasteiger partial charge in [0.1, 0.15) is 6.04 Å². The van der Waals surface area contributed by atoms with Crippen LogP contribution in [0.5, 0.6) is 0 Å². The zero-order valence-electron chi connectivity index (χ0n) is 12.3. The summed E-state index contributed by atoms with van der Waals surface area (Å²) in [4.78, 5) is 34.6. The van der Waals surface area contributed by atoms with Gasteiger partial charge in [-0.25, -0.2) is 4.79 Å². The van der Waals surface area contributed by atoms with Crippen molar-refractivity contribution in [3.05, 3.63) is 29.8 Å². The molecule has 0 fully saturated rings. The number of nitrogens with one attached hydrogen (secondary N) is 2. The van der Waals surface area contributed by atoms with E-state index in [9.17, 15) is 14.4 Å². The van der Waals surface area contributed by atoms with Crippen molar-refractivity contribution in [2.24, 2.45) is 5.92 Å². The lowest BCUT2D eigenvalue weighted by atomic mass is 10.0. The molecule has 114 valence electrons. The first kappa shape index (κ1) is 16.7. The average molecular weight is 292 g/mol. The molecular formula is C15H20N2O4. The number of hydrogen-bond donors (Lipinski definition) is 3. The Kier molecular flexibility index (Phi) is 5.90. The number of amides is 2. The number of anilines is 1. The summed E-state index contributed by atoms with van der Waals surface area (Å²) in [6.45, 7) is 5.48. The second-order valence-corrected chi connectivity index (χ2v) is 5.26. The van der Waals surface area contributed by atoms with Gasteiger partial charge in [0.25, 0.3) is 0 Å². The van der Waals surface area contributed by atoms with E-state index in [0.29, 0.717) is 5.69 Å². The second-order valence-electron chi connectivity index (χ2n) is 5.26. The fourth-order valence-electron chi connectivity index (χ4n) is 1.81. The fraction of sp³-hybridized carbons (Fsp3) is 0.400. The van der Waals surface area contributed by atoms with Crippen LogP contribution in [-0.4, -0.2) is 28.9 Å². The highest BCUT2D eigenvalue weighted by Crippen LogP contribution is 2.13. The lowest BCUT2D eigenvalue weighted by molar-refractivity contribution is -0.144. The van der Waals surface area contributed by atoms with Gasteiger partial charge < -0.3 is 15.7 Å². The van der Waals surface area contributed by atoms with Crippen molar-refractivity contribution < 1.29 is 19.5 Å². The molecule has 0 aromatic heterocycles. The molecule has 21 heavy (non-hydrogen) atoms. The quantitative estimate of drug-likeness (QED) is 0.717. The molecule has 0 unspecified atom stereocenters. The molecule has 0 saturated heterocycles. The minimum atomic E-state index is -1.15. The highest BCUT2D eigenvalue weighted by molar-refractivity contribution is 6.40. The Morgan fingerprint density at radius 3 is 2.29 bits per heavy atom. The minimum Gasteiger partial charge on any atom is -0.480 e. The number of aryl methyl sites for hydroxylation is 1. The number of rotatable bonds is 5. The van der Waals surface area contributed by atoms with Crippen LogP contribution >= 0.6 is 0 Å². The van der Waals surface area contributed by atoms with Crippen LogP contribution in [-0.2, 0) is 14.4 Å². The highest BCUT2D eigenvalue weighted by atomic mass is 16.4. The van der Waals surface area contributed by atoms with Crippen molar-refractivity contribution in [3.8, 4) is 0 Å². The molecule has 6 nitrogen and oxygen atoms in total. The molecule has 6 heteroatoms. The molecule has 0 spiro atoms. The lowest BCUT2D eigenvalue weighted by Crippen LogP contribution is -2.46. The van der Waals surface area contributed by atoms with Crippen molar-refractivity contribution in [1.29, 1.82) is 0 Å². The lowest BCUT2D eigenvalue weighted by Gasteiger charge is -2.16. The van der Waals surface area contributed by atoms with Gasteiger partial charge in [-0.2, -0.15) is 0 Å². The van der Waals surface area contributed by atoms with E-state index in [1.54, 1.807) is 25.1 Å². The average Bonchev–Trinajstić information content (AvgIpc) is 2.39. The summed E-state index contributed by atoms with van der Waals surface area (Å²) in [7, 11) is 0. The zero-order chi connectivity index (χ0) is 16.0. The van der Waals surface area contributed by atoms with Crippen LogP contribution in [0.1, 0.15) is 25.8 Å². The van der Waals surface area contributed by atoms with Crippen LogP contribution < -0.4 is 10.6 Å². The van der Waals surface area contributed by atoms with Crippen LogP contribution in [0.2, 0.25) is 0 Å². The largest absolute Gasteiger partial charge is 0.480 e. The van der Waals surface area contributed by atoms with Gasteiger partial charge in [-0.3, -0.25) is 9.59 Å². The van der Waals surface area contributed by atoms with Gasteiger partial charge in [-0.15, -0.1) is 0 Å². The maximum Gasteiger partial charge on any atom is 0.326 e. The third kappa shape index (κ3) is 5.25. The maximum absolute atomic E-state index is 11.8. The first-order valence-corrected chi connectivity index (χ1v) is 6.71. The zero-order valence-corrected chi connectivity index (χ0v) is 12.3. The predicted molar refractivity (Wildman–Crippen MR) is 78.8 cm³/mol. The van der Waals surface area contributed by atoms with Crippen LogP contribution in [0.4, 0.5) is 5.69 Å². The molecule has 2 amide bonds. The fourth-order valence-corrected chi connectivity index (χ4v) is 1.81. The first-order valence-electron chi connectivity index (χ1n) is 6.71. The molecule has 1 aromatic rings. The number of carboxylic acid groups (broad SMARTS) is 1. The van der Waals surface area contributed by atoms with E-state index in [0.717, 1.165) is 5.56 Å². The summed E-state index contributed by atoms with van der Waals surface area (Å²) in [5, 5.41) is 13.7. The topological polar surface area (TPSA) is 95.5 Å². The van der Waals surface area contributed by atoms with Gasteiger partial charge in [0, 0.05) is 5.69 Å². The van der Waals surface area contributed by atoms with Gasteiger partial charge in [0.2, 0.25) is 0 Å².